The average Bonchev–Trinajstić information content (AvgIpc) is 2.24. The van der Waals surface area contributed by atoms with Crippen LogP contribution in [0.5, 0.6) is 0 Å². The number of phosphoric acid groups is 1. The third kappa shape index (κ3) is 19.1. The van der Waals surface area contributed by atoms with Crippen molar-refractivity contribution < 1.29 is 18.9 Å². The van der Waals surface area contributed by atoms with E-state index >= 15 is 0 Å². The second-order valence-electron chi connectivity index (χ2n) is 4.51. The molecule has 6 heteroatoms. The monoisotopic (exact) mass is 273 g/mol. The molecule has 0 heterocycles. The van der Waals surface area contributed by atoms with Gasteiger partial charge in [0.25, 0.3) is 0 Å². The molecule has 1 radical (unpaired) electrons. The van der Waals surface area contributed by atoms with Gasteiger partial charge in [-0.05, 0) is 6.42 Å². The molecule has 18 heavy (non-hydrogen) atoms. The second kappa shape index (κ2) is 14.1. The maximum absolute atomic E-state index is 10.4. The first-order chi connectivity index (χ1) is 8.06. The number of hydrogen-bond acceptors (Lipinski definition) is 2. The zero-order chi connectivity index (χ0) is 13.0. The summed E-state index contributed by atoms with van der Waals surface area (Å²) >= 11 is 0. The van der Waals surface area contributed by atoms with Gasteiger partial charge in [0.05, 0.1) is 6.61 Å². The molecule has 0 aromatic rings. The standard InChI is InChI=1S/C12H27O4P.Li/c1-2-3-4-5-6-7-8-9-10-11-12-16-17(13,14)15;/h2-12H2,1H3,(H2,13,14,15);. The van der Waals surface area contributed by atoms with E-state index in [1.807, 2.05) is 0 Å². The van der Waals surface area contributed by atoms with Crippen LogP contribution in [-0.2, 0) is 9.09 Å². The zero-order valence-electron chi connectivity index (χ0n) is 11.9. The normalized spacial score (nSPS) is 11.3. The molecule has 0 aliphatic rings. The van der Waals surface area contributed by atoms with Crippen molar-refractivity contribution in [1.29, 1.82) is 0 Å². The SMILES string of the molecule is CCCCCCCCCCCCOP(=O)(O)O.[Li]. The Balaban J connectivity index is 0. The van der Waals surface area contributed by atoms with E-state index in [0.717, 1.165) is 19.3 Å². The molecule has 0 saturated carbocycles. The van der Waals surface area contributed by atoms with Gasteiger partial charge in [-0.1, -0.05) is 64.7 Å². The molecule has 105 valence electrons. The van der Waals surface area contributed by atoms with Crippen LogP contribution < -0.4 is 0 Å². The van der Waals surface area contributed by atoms with Gasteiger partial charge in [-0.15, -0.1) is 0 Å². The molecular weight excluding hydrogens is 246 g/mol. The predicted molar refractivity (Wildman–Crippen MR) is 75.6 cm³/mol. The molecule has 0 amide bonds. The summed E-state index contributed by atoms with van der Waals surface area (Å²) in [5.41, 5.74) is 0. The van der Waals surface area contributed by atoms with Crippen molar-refractivity contribution in [2.45, 2.75) is 71.1 Å². The summed E-state index contributed by atoms with van der Waals surface area (Å²) in [5, 5.41) is 0. The minimum absolute atomic E-state index is 0. The van der Waals surface area contributed by atoms with Crippen LogP contribution >= 0.6 is 7.82 Å². The van der Waals surface area contributed by atoms with Gasteiger partial charge in [0.15, 0.2) is 0 Å². The molecule has 0 aromatic carbocycles. The summed E-state index contributed by atoms with van der Waals surface area (Å²) in [5.74, 6) is 0. The number of hydrogen-bond donors (Lipinski definition) is 2. The van der Waals surface area contributed by atoms with Crippen LogP contribution in [-0.4, -0.2) is 35.3 Å². The van der Waals surface area contributed by atoms with Crippen molar-refractivity contribution in [2.24, 2.45) is 0 Å². The van der Waals surface area contributed by atoms with Crippen molar-refractivity contribution >= 4 is 26.7 Å². The zero-order valence-corrected chi connectivity index (χ0v) is 12.8. The van der Waals surface area contributed by atoms with E-state index in [9.17, 15) is 4.57 Å². The second-order valence-corrected chi connectivity index (χ2v) is 5.75. The summed E-state index contributed by atoms with van der Waals surface area (Å²) in [6.07, 6.45) is 12.0. The van der Waals surface area contributed by atoms with Crippen molar-refractivity contribution in [2.75, 3.05) is 6.61 Å². The number of phosphoric ester groups is 1. The van der Waals surface area contributed by atoms with E-state index in [4.69, 9.17) is 9.79 Å². The number of rotatable bonds is 12. The maximum atomic E-state index is 10.4. The summed E-state index contributed by atoms with van der Waals surface area (Å²) in [7, 11) is -4.24. The molecule has 0 saturated heterocycles. The van der Waals surface area contributed by atoms with Gasteiger partial charge in [-0.25, -0.2) is 4.57 Å². The van der Waals surface area contributed by atoms with Gasteiger partial charge in [-0.3, -0.25) is 4.52 Å². The summed E-state index contributed by atoms with van der Waals surface area (Å²) in [6.45, 7) is 2.39. The first kappa shape index (κ1) is 21.0. The Hall–Kier alpha value is 0.707. The van der Waals surface area contributed by atoms with E-state index in [1.54, 1.807) is 0 Å². The fraction of sp³-hybridized carbons (Fsp3) is 1.00. The van der Waals surface area contributed by atoms with Gasteiger partial charge in [-0.2, -0.15) is 0 Å². The minimum atomic E-state index is -4.24. The number of unbranched alkanes of at least 4 members (excludes halogenated alkanes) is 9. The summed E-state index contributed by atoms with van der Waals surface area (Å²) < 4.78 is 14.7. The predicted octanol–water partition coefficient (Wildman–Crippen LogP) is 3.64. The average molecular weight is 273 g/mol. The summed E-state index contributed by atoms with van der Waals surface area (Å²) in [6, 6.07) is 0. The largest absolute Gasteiger partial charge is 0.469 e. The van der Waals surface area contributed by atoms with Gasteiger partial charge in [0.2, 0.25) is 0 Å². The third-order valence-electron chi connectivity index (χ3n) is 2.76. The molecule has 0 spiro atoms. The Labute approximate surface area is 123 Å². The first-order valence-electron chi connectivity index (χ1n) is 6.76. The quantitative estimate of drug-likeness (QED) is 0.323. The van der Waals surface area contributed by atoms with E-state index < -0.39 is 7.82 Å². The van der Waals surface area contributed by atoms with Gasteiger partial charge < -0.3 is 9.79 Å². The molecule has 0 aliphatic carbocycles. The molecular formula is C12H27LiO4P. The Morgan fingerprint density at radius 1 is 0.833 bits per heavy atom. The van der Waals surface area contributed by atoms with Gasteiger partial charge in [0.1, 0.15) is 0 Å². The van der Waals surface area contributed by atoms with E-state index in [1.165, 1.54) is 44.9 Å². The van der Waals surface area contributed by atoms with Crippen molar-refractivity contribution in [3.8, 4) is 0 Å². The smallest absolute Gasteiger partial charge is 0.303 e. The van der Waals surface area contributed by atoms with Crippen LogP contribution in [0.2, 0.25) is 0 Å². The summed E-state index contributed by atoms with van der Waals surface area (Å²) in [4.78, 5) is 16.9. The van der Waals surface area contributed by atoms with Crippen LogP contribution in [0, 0.1) is 0 Å². The van der Waals surface area contributed by atoms with E-state index in [2.05, 4.69) is 11.4 Å². The first-order valence-corrected chi connectivity index (χ1v) is 8.29. The maximum Gasteiger partial charge on any atom is 0.469 e. The fourth-order valence-corrected chi connectivity index (χ4v) is 2.14. The van der Waals surface area contributed by atoms with Crippen LogP contribution in [0.4, 0.5) is 0 Å². The molecule has 4 nitrogen and oxygen atoms in total. The van der Waals surface area contributed by atoms with Gasteiger partial charge >= 0.3 is 7.82 Å². The molecule has 0 unspecified atom stereocenters. The molecule has 0 aromatic heterocycles. The van der Waals surface area contributed by atoms with Crippen molar-refractivity contribution in [1.82, 2.24) is 0 Å². The molecule has 0 bridgehead atoms. The Kier molecular flexibility index (Phi) is 16.5. The van der Waals surface area contributed by atoms with Crippen LogP contribution in [0.3, 0.4) is 0 Å². The fourth-order valence-electron chi connectivity index (χ4n) is 1.77. The minimum Gasteiger partial charge on any atom is -0.303 e. The van der Waals surface area contributed by atoms with Crippen LogP contribution in [0.1, 0.15) is 71.1 Å². The molecule has 0 atom stereocenters. The topological polar surface area (TPSA) is 66.8 Å². The molecule has 0 aliphatic heterocycles. The molecule has 2 N–H and O–H groups in total. The molecule has 0 rings (SSSR count). The Morgan fingerprint density at radius 3 is 1.61 bits per heavy atom. The Morgan fingerprint density at radius 2 is 1.22 bits per heavy atom. The van der Waals surface area contributed by atoms with E-state index in [0.29, 0.717) is 0 Å². The van der Waals surface area contributed by atoms with Crippen LogP contribution in [0.15, 0.2) is 0 Å². The van der Waals surface area contributed by atoms with E-state index in [-0.39, 0.29) is 25.5 Å². The van der Waals surface area contributed by atoms with Crippen molar-refractivity contribution in [3.63, 3.8) is 0 Å². The third-order valence-corrected chi connectivity index (χ3v) is 3.28. The Bertz CT molecular complexity index is 208. The van der Waals surface area contributed by atoms with Gasteiger partial charge in [0, 0.05) is 18.9 Å². The van der Waals surface area contributed by atoms with Crippen LogP contribution in [0.25, 0.3) is 0 Å². The molecule has 0 fully saturated rings. The van der Waals surface area contributed by atoms with Crippen molar-refractivity contribution in [3.05, 3.63) is 0 Å².